The van der Waals surface area contributed by atoms with E-state index in [1.54, 1.807) is 0 Å². The van der Waals surface area contributed by atoms with Gasteiger partial charge >= 0.3 is 0 Å². The highest BCUT2D eigenvalue weighted by molar-refractivity contribution is 6.75. The van der Waals surface area contributed by atoms with Crippen molar-refractivity contribution in [3.8, 4) is 0 Å². The van der Waals surface area contributed by atoms with Crippen LogP contribution in [0.4, 0.5) is 0 Å². The molecule has 0 aliphatic rings. The lowest BCUT2D eigenvalue weighted by molar-refractivity contribution is 0.895. The number of hydrogen-bond donors (Lipinski definition) is 0. The van der Waals surface area contributed by atoms with E-state index in [0.29, 0.717) is 0 Å². The second-order valence-corrected chi connectivity index (χ2v) is 9.32. The zero-order valence-corrected chi connectivity index (χ0v) is 15.1. The third kappa shape index (κ3) is 10.8. The molecule has 0 aromatic carbocycles. The predicted molar refractivity (Wildman–Crippen MR) is 81.0 cm³/mol. The Bertz CT molecular complexity index is 157. The monoisotopic (exact) mass is 428 g/mol. The first kappa shape index (κ1) is 21.2. The van der Waals surface area contributed by atoms with Crippen LogP contribution in [0.3, 0.4) is 0 Å². The minimum absolute atomic E-state index is 0.596. The summed E-state index contributed by atoms with van der Waals surface area (Å²) < 4.78 is -2.94. The van der Waals surface area contributed by atoms with Gasteiger partial charge in [-0.05, 0) is 6.92 Å². The Morgan fingerprint density at radius 2 is 0.875 bits per heavy atom. The maximum atomic E-state index is 5.42. The van der Waals surface area contributed by atoms with Crippen LogP contribution >= 0.6 is 116 Å². The van der Waals surface area contributed by atoms with Crippen molar-refractivity contribution in [3.63, 3.8) is 0 Å². The summed E-state index contributed by atoms with van der Waals surface area (Å²) in [5, 5.41) is -0.596. The molecule has 0 N–H and O–H groups in total. The third-order valence-corrected chi connectivity index (χ3v) is 5.37. The normalized spacial score (nSPS) is 13.1. The molecule has 0 aromatic rings. The molecule has 16 heavy (non-hydrogen) atoms. The molecule has 100 valence electrons. The molecule has 0 spiro atoms. The molecular formula is C6H6Cl10. The average molecular weight is 433 g/mol. The van der Waals surface area contributed by atoms with Crippen molar-refractivity contribution >= 4 is 116 Å². The molecule has 0 unspecified atom stereocenters. The zero-order chi connectivity index (χ0) is 13.7. The van der Waals surface area contributed by atoms with Gasteiger partial charge in [0.15, 0.2) is 4.33 Å². The van der Waals surface area contributed by atoms with Gasteiger partial charge in [-0.15, -0.1) is 58.0 Å². The van der Waals surface area contributed by atoms with E-state index >= 15 is 0 Å². The highest BCUT2D eigenvalue weighted by atomic mass is 35.6. The quantitative estimate of drug-likeness (QED) is 0.423. The standard InChI is InChI=1S/2C3H3Cl5/c1-2(4,5)3(6,7)8;4-1(2(5)6)3(7)8/h1H3;1-3H. The second-order valence-electron chi connectivity index (χ2n) is 2.50. The Labute approximate surface area is 145 Å². The number of halogens is 10. The lowest BCUT2D eigenvalue weighted by atomic mass is 10.5. The Hall–Kier alpha value is 2.90. The highest BCUT2D eigenvalue weighted by Crippen LogP contribution is 2.45. The summed E-state index contributed by atoms with van der Waals surface area (Å²) in [6.45, 7) is 1.41. The topological polar surface area (TPSA) is 0 Å². The van der Waals surface area contributed by atoms with Gasteiger partial charge in [-0.1, -0.05) is 58.0 Å². The van der Waals surface area contributed by atoms with Crippen LogP contribution in [0.5, 0.6) is 0 Å². The maximum absolute atomic E-state index is 5.42. The molecule has 0 aliphatic carbocycles. The van der Waals surface area contributed by atoms with Crippen molar-refractivity contribution < 1.29 is 0 Å². The Morgan fingerprint density at radius 1 is 0.688 bits per heavy atom. The molecule has 0 atom stereocenters. The lowest BCUT2D eigenvalue weighted by Gasteiger charge is -2.21. The third-order valence-electron chi connectivity index (χ3n) is 0.979. The number of rotatable bonds is 2. The molecule has 0 nitrogen and oxygen atoms in total. The minimum atomic E-state index is -1.61. The van der Waals surface area contributed by atoms with Gasteiger partial charge in [-0.2, -0.15) is 0 Å². The van der Waals surface area contributed by atoms with Crippen molar-refractivity contribution in [2.45, 2.75) is 30.1 Å². The summed E-state index contributed by atoms with van der Waals surface area (Å²) in [6, 6.07) is 0. The van der Waals surface area contributed by atoms with E-state index in [1.807, 2.05) is 0 Å². The summed E-state index contributed by atoms with van der Waals surface area (Å²) >= 11 is 53.2. The van der Waals surface area contributed by atoms with Crippen LogP contribution < -0.4 is 0 Å². The van der Waals surface area contributed by atoms with Crippen molar-refractivity contribution in [1.29, 1.82) is 0 Å². The molecule has 0 fully saturated rings. The van der Waals surface area contributed by atoms with Crippen molar-refractivity contribution in [2.75, 3.05) is 0 Å². The largest absolute Gasteiger partial charge is 0.222 e. The summed E-state index contributed by atoms with van der Waals surface area (Å²) in [7, 11) is 0. The smallest absolute Gasteiger partial charge is 0.117 e. The fourth-order valence-corrected chi connectivity index (χ4v) is 0.990. The van der Waals surface area contributed by atoms with Gasteiger partial charge in [-0.3, -0.25) is 0 Å². The Morgan fingerprint density at radius 3 is 0.875 bits per heavy atom. The van der Waals surface area contributed by atoms with E-state index in [2.05, 4.69) is 0 Å². The van der Waals surface area contributed by atoms with Gasteiger partial charge in [-0.25, -0.2) is 0 Å². The van der Waals surface area contributed by atoms with Crippen LogP contribution in [-0.2, 0) is 0 Å². The molecule has 0 aliphatic heterocycles. The van der Waals surface area contributed by atoms with Crippen molar-refractivity contribution in [1.82, 2.24) is 0 Å². The van der Waals surface area contributed by atoms with Crippen LogP contribution in [0.15, 0.2) is 0 Å². The summed E-state index contributed by atoms with van der Waals surface area (Å²) in [4.78, 5) is -1.42. The molecule has 0 saturated carbocycles. The van der Waals surface area contributed by atoms with E-state index in [9.17, 15) is 0 Å². The van der Waals surface area contributed by atoms with Crippen LogP contribution in [0.2, 0.25) is 0 Å². The van der Waals surface area contributed by atoms with Gasteiger partial charge in [0.05, 0.1) is 5.38 Å². The molecule has 0 radical (unpaired) electrons. The molecule has 0 heterocycles. The SMILES string of the molecule is CC(Cl)(Cl)C(Cl)(Cl)Cl.ClC(Cl)C(Cl)C(Cl)Cl. The summed E-state index contributed by atoms with van der Waals surface area (Å²) in [6.07, 6.45) is 0. The predicted octanol–water partition coefficient (Wildman–Crippen LogP) is 6.75. The van der Waals surface area contributed by atoms with Crippen LogP contribution in [0.1, 0.15) is 6.92 Å². The molecular weight excluding hydrogens is 427 g/mol. The molecule has 0 bridgehead atoms. The highest BCUT2D eigenvalue weighted by Gasteiger charge is 2.41. The van der Waals surface area contributed by atoms with Crippen molar-refractivity contribution in [2.24, 2.45) is 0 Å². The summed E-state index contributed by atoms with van der Waals surface area (Å²) in [5.74, 6) is 0. The Balaban J connectivity index is 0. The van der Waals surface area contributed by atoms with Crippen LogP contribution in [0.25, 0.3) is 0 Å². The maximum Gasteiger partial charge on any atom is 0.222 e. The van der Waals surface area contributed by atoms with E-state index in [1.165, 1.54) is 6.92 Å². The second kappa shape index (κ2) is 8.95. The molecule has 0 aromatic heterocycles. The first-order valence-corrected chi connectivity index (χ1v) is 7.52. The van der Waals surface area contributed by atoms with E-state index in [-0.39, 0.29) is 0 Å². The number of alkyl halides is 10. The molecule has 0 saturated heterocycles. The van der Waals surface area contributed by atoms with Crippen LogP contribution in [-0.4, -0.2) is 23.2 Å². The van der Waals surface area contributed by atoms with Gasteiger partial charge in [0.2, 0.25) is 3.79 Å². The average Bonchev–Trinajstić information content (AvgIpc) is 1.99. The van der Waals surface area contributed by atoms with Gasteiger partial charge in [0, 0.05) is 0 Å². The first-order valence-electron chi connectivity index (χ1n) is 3.45. The molecule has 0 rings (SSSR count). The fourth-order valence-electron chi connectivity index (χ4n) is 0.110. The van der Waals surface area contributed by atoms with E-state index in [0.717, 1.165) is 0 Å². The fraction of sp³-hybridized carbons (Fsp3) is 1.00. The lowest BCUT2D eigenvalue weighted by Crippen LogP contribution is -2.26. The van der Waals surface area contributed by atoms with Gasteiger partial charge in [0.1, 0.15) is 9.67 Å². The van der Waals surface area contributed by atoms with E-state index < -0.39 is 23.2 Å². The Kier molecular flexibility index (Phi) is 11.9. The van der Waals surface area contributed by atoms with E-state index in [4.69, 9.17) is 116 Å². The van der Waals surface area contributed by atoms with Crippen LogP contribution in [0, 0.1) is 0 Å². The molecule has 0 amide bonds. The number of hydrogen-bond acceptors (Lipinski definition) is 0. The van der Waals surface area contributed by atoms with Gasteiger partial charge < -0.3 is 0 Å². The first-order chi connectivity index (χ1) is 6.80. The summed E-state index contributed by atoms with van der Waals surface area (Å²) in [5.41, 5.74) is 0. The van der Waals surface area contributed by atoms with Crippen molar-refractivity contribution in [3.05, 3.63) is 0 Å². The van der Waals surface area contributed by atoms with Gasteiger partial charge in [0.25, 0.3) is 0 Å². The zero-order valence-electron chi connectivity index (χ0n) is 7.51. The molecule has 10 heteroatoms. The minimum Gasteiger partial charge on any atom is -0.117 e.